The van der Waals surface area contributed by atoms with Crippen LogP contribution in [0.2, 0.25) is 0 Å². The van der Waals surface area contributed by atoms with Crippen LogP contribution >= 0.6 is 0 Å². The van der Waals surface area contributed by atoms with Crippen LogP contribution in [0.25, 0.3) is 33.3 Å². The number of nitrogens with zero attached hydrogens (tertiary/aromatic N) is 5. The summed E-state index contributed by atoms with van der Waals surface area (Å²) in [6.07, 6.45) is 8.99. The monoisotopic (exact) mass is 490 g/mol. The van der Waals surface area contributed by atoms with Crippen molar-refractivity contribution in [3.05, 3.63) is 79.0 Å². The van der Waals surface area contributed by atoms with E-state index in [0.717, 1.165) is 64.8 Å². The standard InChI is InChI=1S/C28H26N8O/c29-24-23-26(35-15-13-17-5-1-4-8-22(17)35)33-25(36(23)16-14-30-24)18-9-11-19(12-10-18)27(37)34-28-31-20-6-2-3-7-21(20)32-28/h1-8,13-16,18-19H,9-12H2,(H2,29,30)(H2,31,32,34,37). The lowest BCUT2D eigenvalue weighted by atomic mass is 9.81. The number of hydrogen-bond donors (Lipinski definition) is 3. The van der Waals surface area contributed by atoms with E-state index in [4.69, 9.17) is 10.7 Å². The maximum atomic E-state index is 13.0. The van der Waals surface area contributed by atoms with Gasteiger partial charge in [-0.25, -0.2) is 15.0 Å². The number of aromatic amines is 1. The fourth-order valence-electron chi connectivity index (χ4n) is 5.64. The van der Waals surface area contributed by atoms with Crippen molar-refractivity contribution < 1.29 is 4.79 Å². The molecule has 9 heteroatoms. The van der Waals surface area contributed by atoms with Crippen molar-refractivity contribution in [3.8, 4) is 5.82 Å². The topological polar surface area (TPSA) is 119 Å². The number of aromatic nitrogens is 6. The summed E-state index contributed by atoms with van der Waals surface area (Å²) in [5.74, 6) is 2.88. The summed E-state index contributed by atoms with van der Waals surface area (Å²) in [6, 6.07) is 18.1. The van der Waals surface area contributed by atoms with E-state index in [-0.39, 0.29) is 17.7 Å². The Morgan fingerprint density at radius 3 is 2.65 bits per heavy atom. The maximum Gasteiger partial charge on any atom is 0.229 e. The number of rotatable bonds is 4. The van der Waals surface area contributed by atoms with E-state index in [0.29, 0.717) is 11.8 Å². The second kappa shape index (κ2) is 8.48. The first-order valence-electron chi connectivity index (χ1n) is 12.6. The lowest BCUT2D eigenvalue weighted by molar-refractivity contribution is -0.120. The van der Waals surface area contributed by atoms with Gasteiger partial charge in [0.2, 0.25) is 11.9 Å². The third-order valence-corrected chi connectivity index (χ3v) is 7.51. The van der Waals surface area contributed by atoms with Crippen molar-refractivity contribution in [1.82, 2.24) is 28.9 Å². The average molecular weight is 491 g/mol. The highest BCUT2D eigenvalue weighted by atomic mass is 16.2. The zero-order valence-corrected chi connectivity index (χ0v) is 20.1. The Kier molecular flexibility index (Phi) is 4.95. The number of nitrogens with one attached hydrogen (secondary N) is 2. The number of imidazole rings is 2. The van der Waals surface area contributed by atoms with Crippen LogP contribution in [0.5, 0.6) is 0 Å². The third-order valence-electron chi connectivity index (χ3n) is 7.51. The van der Waals surface area contributed by atoms with Crippen molar-refractivity contribution in [1.29, 1.82) is 0 Å². The van der Waals surface area contributed by atoms with Gasteiger partial charge in [-0.05, 0) is 55.3 Å². The SMILES string of the molecule is Nc1nccn2c(C3CCC(C(=O)Nc4nc5ccccc5[nH]4)CC3)nc(-n3ccc4ccccc43)c12. The zero-order valence-electron chi connectivity index (χ0n) is 20.1. The number of hydrogen-bond acceptors (Lipinski definition) is 5. The molecule has 0 bridgehead atoms. The van der Waals surface area contributed by atoms with Gasteiger partial charge in [-0.3, -0.25) is 19.1 Å². The fraction of sp³-hybridized carbons (Fsp3) is 0.214. The largest absolute Gasteiger partial charge is 0.382 e. The summed E-state index contributed by atoms with van der Waals surface area (Å²) < 4.78 is 4.16. The average Bonchev–Trinajstić information content (AvgIpc) is 3.64. The number of benzene rings is 2. The summed E-state index contributed by atoms with van der Waals surface area (Å²) in [5, 5.41) is 4.12. The normalized spacial score (nSPS) is 18.1. The molecule has 1 aliphatic carbocycles. The third kappa shape index (κ3) is 3.62. The van der Waals surface area contributed by atoms with Crippen molar-refractivity contribution in [2.45, 2.75) is 31.6 Å². The van der Waals surface area contributed by atoms with E-state index in [1.807, 2.05) is 48.8 Å². The summed E-state index contributed by atoms with van der Waals surface area (Å²) in [5.41, 5.74) is 10.00. The number of fused-ring (bicyclic) bond motifs is 3. The van der Waals surface area contributed by atoms with Crippen LogP contribution in [0.3, 0.4) is 0 Å². The van der Waals surface area contributed by atoms with E-state index in [9.17, 15) is 4.79 Å². The summed E-state index contributed by atoms with van der Waals surface area (Å²) in [6.45, 7) is 0. The van der Waals surface area contributed by atoms with Gasteiger partial charge < -0.3 is 10.7 Å². The molecular weight excluding hydrogens is 464 g/mol. The molecule has 0 aliphatic heterocycles. The summed E-state index contributed by atoms with van der Waals surface area (Å²) >= 11 is 0. The van der Waals surface area contributed by atoms with E-state index in [2.05, 4.69) is 47.4 Å². The molecule has 37 heavy (non-hydrogen) atoms. The van der Waals surface area contributed by atoms with Gasteiger partial charge in [0.1, 0.15) is 11.3 Å². The summed E-state index contributed by atoms with van der Waals surface area (Å²) in [4.78, 5) is 30.1. The first-order chi connectivity index (χ1) is 18.2. The van der Waals surface area contributed by atoms with Crippen LogP contribution in [-0.4, -0.2) is 34.8 Å². The van der Waals surface area contributed by atoms with Gasteiger partial charge in [-0.15, -0.1) is 0 Å². The van der Waals surface area contributed by atoms with Gasteiger partial charge in [0.05, 0.1) is 16.6 Å². The Morgan fingerprint density at radius 2 is 1.78 bits per heavy atom. The lowest BCUT2D eigenvalue weighted by Gasteiger charge is -2.26. The fourth-order valence-corrected chi connectivity index (χ4v) is 5.64. The summed E-state index contributed by atoms with van der Waals surface area (Å²) in [7, 11) is 0. The molecule has 0 saturated heterocycles. The Bertz CT molecular complexity index is 1740. The van der Waals surface area contributed by atoms with Crippen LogP contribution < -0.4 is 11.1 Å². The van der Waals surface area contributed by atoms with E-state index in [1.54, 1.807) is 6.20 Å². The molecule has 1 fully saturated rings. The number of carbonyl (C=O) groups is 1. The molecule has 0 spiro atoms. The molecule has 2 aromatic carbocycles. The Labute approximate surface area is 212 Å². The number of anilines is 2. The number of amides is 1. The van der Waals surface area contributed by atoms with Crippen molar-refractivity contribution in [3.63, 3.8) is 0 Å². The molecule has 0 radical (unpaired) electrons. The smallest absolute Gasteiger partial charge is 0.229 e. The highest BCUT2D eigenvalue weighted by Gasteiger charge is 2.31. The minimum atomic E-state index is -0.0599. The Balaban J connectivity index is 1.14. The van der Waals surface area contributed by atoms with Crippen LogP contribution in [0.1, 0.15) is 37.4 Å². The van der Waals surface area contributed by atoms with Gasteiger partial charge in [-0.2, -0.15) is 0 Å². The van der Waals surface area contributed by atoms with E-state index < -0.39 is 0 Å². The highest BCUT2D eigenvalue weighted by molar-refractivity contribution is 5.92. The van der Waals surface area contributed by atoms with Crippen molar-refractivity contribution >= 4 is 45.1 Å². The minimum absolute atomic E-state index is 0.0124. The Hall–Kier alpha value is -4.66. The van der Waals surface area contributed by atoms with Gasteiger partial charge in [-0.1, -0.05) is 30.3 Å². The quantitative estimate of drug-likeness (QED) is 0.320. The predicted molar refractivity (Wildman–Crippen MR) is 144 cm³/mol. The molecular formula is C28H26N8O. The molecule has 4 aromatic heterocycles. The van der Waals surface area contributed by atoms with Gasteiger partial charge >= 0.3 is 0 Å². The molecule has 1 saturated carbocycles. The first kappa shape index (κ1) is 21.6. The number of para-hydroxylation sites is 3. The molecule has 184 valence electrons. The van der Waals surface area contributed by atoms with Crippen molar-refractivity contribution in [2.75, 3.05) is 11.1 Å². The van der Waals surface area contributed by atoms with E-state index in [1.165, 1.54) is 0 Å². The lowest BCUT2D eigenvalue weighted by Crippen LogP contribution is -2.27. The molecule has 6 aromatic rings. The zero-order chi connectivity index (χ0) is 24.9. The van der Waals surface area contributed by atoms with Crippen LogP contribution in [0.15, 0.2) is 73.2 Å². The number of nitrogen functional groups attached to an aromatic ring is 1. The van der Waals surface area contributed by atoms with Crippen molar-refractivity contribution in [2.24, 2.45) is 5.92 Å². The van der Waals surface area contributed by atoms with E-state index >= 15 is 0 Å². The molecule has 1 aliphatic rings. The first-order valence-corrected chi connectivity index (χ1v) is 12.6. The van der Waals surface area contributed by atoms with Crippen LogP contribution in [-0.2, 0) is 4.79 Å². The number of carbonyl (C=O) groups excluding carboxylic acids is 1. The molecule has 1 amide bonds. The molecule has 9 nitrogen and oxygen atoms in total. The Morgan fingerprint density at radius 1 is 0.973 bits per heavy atom. The van der Waals surface area contributed by atoms with Gasteiger partial charge in [0.15, 0.2) is 11.6 Å². The number of H-pyrrole nitrogens is 1. The highest BCUT2D eigenvalue weighted by Crippen LogP contribution is 2.38. The maximum absolute atomic E-state index is 13.0. The number of nitrogens with two attached hydrogens (primary N) is 1. The van der Waals surface area contributed by atoms with Gasteiger partial charge in [0, 0.05) is 30.4 Å². The molecule has 0 atom stereocenters. The second-order valence-corrected chi connectivity index (χ2v) is 9.71. The molecule has 4 heterocycles. The molecule has 4 N–H and O–H groups in total. The van der Waals surface area contributed by atoms with Crippen LogP contribution in [0, 0.1) is 5.92 Å². The van der Waals surface area contributed by atoms with Crippen LogP contribution in [0.4, 0.5) is 11.8 Å². The van der Waals surface area contributed by atoms with Gasteiger partial charge in [0.25, 0.3) is 0 Å². The molecule has 0 unspecified atom stereocenters. The second-order valence-electron chi connectivity index (χ2n) is 9.71. The predicted octanol–water partition coefficient (Wildman–Crippen LogP) is 5.04. The molecule has 7 rings (SSSR count). The minimum Gasteiger partial charge on any atom is -0.382 e.